The summed E-state index contributed by atoms with van der Waals surface area (Å²) in [5.74, 6) is -0.195. The summed E-state index contributed by atoms with van der Waals surface area (Å²) >= 11 is 0. The van der Waals surface area contributed by atoms with Crippen molar-refractivity contribution in [3.05, 3.63) is 65.9 Å². The molecular weight excluding hydrogens is 275 g/mol. The van der Waals surface area contributed by atoms with Gasteiger partial charge in [0.25, 0.3) is 0 Å². The molecule has 0 saturated carbocycles. The molecule has 0 fully saturated rings. The van der Waals surface area contributed by atoms with Crippen molar-refractivity contribution in [2.75, 3.05) is 0 Å². The minimum atomic E-state index is -0.195. The molecule has 0 bridgehead atoms. The topological polar surface area (TPSA) is 17.8 Å². The minimum Gasteiger partial charge on any atom is -0.344 e. The van der Waals surface area contributed by atoms with Crippen LogP contribution in [-0.2, 0) is 13.0 Å². The van der Waals surface area contributed by atoms with E-state index in [2.05, 4.69) is 16.5 Å². The first-order chi connectivity index (χ1) is 10.8. The Kier molecular flexibility index (Phi) is 3.07. The monoisotopic (exact) mass is 292 g/mol. The van der Waals surface area contributed by atoms with Gasteiger partial charge in [-0.15, -0.1) is 0 Å². The lowest BCUT2D eigenvalue weighted by Gasteiger charge is -2.11. The summed E-state index contributed by atoms with van der Waals surface area (Å²) in [5.41, 5.74) is 7.45. The first-order valence-electron chi connectivity index (χ1n) is 7.64. The van der Waals surface area contributed by atoms with Crippen molar-refractivity contribution in [3.8, 4) is 22.4 Å². The zero-order valence-corrected chi connectivity index (χ0v) is 12.5. The molecule has 3 aromatic rings. The van der Waals surface area contributed by atoms with E-state index in [1.165, 1.54) is 46.6 Å². The first-order valence-corrected chi connectivity index (χ1v) is 7.64. The van der Waals surface area contributed by atoms with Crippen LogP contribution in [0.3, 0.4) is 0 Å². The van der Waals surface area contributed by atoms with Crippen LogP contribution in [-0.4, -0.2) is 9.55 Å². The molecule has 0 spiro atoms. The molecule has 0 atom stereocenters. The summed E-state index contributed by atoms with van der Waals surface area (Å²) in [6.45, 7) is 3.23. The summed E-state index contributed by atoms with van der Waals surface area (Å²) in [7, 11) is 0. The van der Waals surface area contributed by atoms with Gasteiger partial charge in [-0.3, -0.25) is 4.98 Å². The predicted molar refractivity (Wildman–Crippen MR) is 86.1 cm³/mol. The second-order valence-corrected chi connectivity index (χ2v) is 5.79. The molecule has 2 nitrogen and oxygen atoms in total. The van der Waals surface area contributed by atoms with Crippen molar-refractivity contribution < 1.29 is 4.39 Å². The van der Waals surface area contributed by atoms with E-state index < -0.39 is 0 Å². The fourth-order valence-electron chi connectivity index (χ4n) is 3.55. The lowest BCUT2D eigenvalue weighted by atomic mass is 9.97. The Balaban J connectivity index is 2.00. The number of benzene rings is 1. The van der Waals surface area contributed by atoms with Crippen molar-refractivity contribution in [2.45, 2.75) is 26.3 Å². The van der Waals surface area contributed by atoms with Gasteiger partial charge in [0.05, 0.1) is 5.69 Å². The fourth-order valence-corrected chi connectivity index (χ4v) is 3.55. The van der Waals surface area contributed by atoms with E-state index in [0.29, 0.717) is 0 Å². The highest BCUT2D eigenvalue weighted by Gasteiger charge is 2.25. The Morgan fingerprint density at radius 3 is 2.45 bits per heavy atom. The smallest absolute Gasteiger partial charge is 0.123 e. The Hall–Kier alpha value is -2.42. The summed E-state index contributed by atoms with van der Waals surface area (Å²) in [4.78, 5) is 4.12. The van der Waals surface area contributed by atoms with Gasteiger partial charge in [0.15, 0.2) is 0 Å². The van der Waals surface area contributed by atoms with E-state index in [1.54, 1.807) is 0 Å². The third-order valence-corrected chi connectivity index (χ3v) is 4.52. The molecule has 1 aromatic carbocycles. The van der Waals surface area contributed by atoms with Crippen LogP contribution in [0.25, 0.3) is 22.4 Å². The van der Waals surface area contributed by atoms with Gasteiger partial charge in [-0.05, 0) is 72.9 Å². The standard InChI is InChI=1S/C19H17FN2/c1-13-17-3-2-12-22(17)19(15-4-6-16(20)7-5-15)18(13)14-8-10-21-11-9-14/h4-11H,2-3,12H2,1H3. The molecule has 0 N–H and O–H groups in total. The van der Waals surface area contributed by atoms with Crippen molar-refractivity contribution in [3.63, 3.8) is 0 Å². The molecule has 0 saturated heterocycles. The van der Waals surface area contributed by atoms with Gasteiger partial charge in [0.1, 0.15) is 5.82 Å². The Morgan fingerprint density at radius 2 is 1.73 bits per heavy atom. The second kappa shape index (κ2) is 5.09. The summed E-state index contributed by atoms with van der Waals surface area (Å²) < 4.78 is 15.7. The maximum atomic E-state index is 13.3. The average Bonchev–Trinajstić information content (AvgIpc) is 3.12. The van der Waals surface area contributed by atoms with Gasteiger partial charge in [0, 0.05) is 30.2 Å². The molecule has 1 aliphatic rings. The van der Waals surface area contributed by atoms with Gasteiger partial charge in [0.2, 0.25) is 0 Å². The number of hydrogen-bond donors (Lipinski definition) is 0. The third kappa shape index (κ3) is 1.97. The van der Waals surface area contributed by atoms with Crippen LogP contribution in [0.15, 0.2) is 48.8 Å². The number of aromatic nitrogens is 2. The van der Waals surface area contributed by atoms with Gasteiger partial charge < -0.3 is 4.57 Å². The van der Waals surface area contributed by atoms with Crippen molar-refractivity contribution in [2.24, 2.45) is 0 Å². The Labute approximate surface area is 129 Å². The number of halogens is 1. The average molecular weight is 292 g/mol. The van der Waals surface area contributed by atoms with E-state index in [0.717, 1.165) is 18.5 Å². The van der Waals surface area contributed by atoms with E-state index in [1.807, 2.05) is 36.7 Å². The van der Waals surface area contributed by atoms with E-state index in [-0.39, 0.29) is 5.82 Å². The van der Waals surface area contributed by atoms with Gasteiger partial charge >= 0.3 is 0 Å². The third-order valence-electron chi connectivity index (χ3n) is 4.52. The molecule has 0 aliphatic carbocycles. The Morgan fingerprint density at radius 1 is 1.00 bits per heavy atom. The highest BCUT2D eigenvalue weighted by atomic mass is 19.1. The molecule has 2 aromatic heterocycles. The van der Waals surface area contributed by atoms with Crippen LogP contribution >= 0.6 is 0 Å². The van der Waals surface area contributed by atoms with Crippen molar-refractivity contribution in [1.82, 2.24) is 9.55 Å². The maximum absolute atomic E-state index is 13.3. The van der Waals surface area contributed by atoms with E-state index >= 15 is 0 Å². The highest BCUT2D eigenvalue weighted by Crippen LogP contribution is 2.41. The van der Waals surface area contributed by atoms with Crippen molar-refractivity contribution >= 4 is 0 Å². The highest BCUT2D eigenvalue weighted by molar-refractivity contribution is 5.85. The van der Waals surface area contributed by atoms with Crippen LogP contribution in [0.2, 0.25) is 0 Å². The normalized spacial score (nSPS) is 13.4. The van der Waals surface area contributed by atoms with Crippen molar-refractivity contribution in [1.29, 1.82) is 0 Å². The number of nitrogens with zero attached hydrogens (tertiary/aromatic N) is 2. The zero-order valence-electron chi connectivity index (χ0n) is 12.5. The summed E-state index contributed by atoms with van der Waals surface area (Å²) in [6, 6.07) is 10.9. The maximum Gasteiger partial charge on any atom is 0.123 e. The van der Waals surface area contributed by atoms with Crippen LogP contribution in [0.4, 0.5) is 4.39 Å². The summed E-state index contributed by atoms with van der Waals surface area (Å²) in [6.07, 6.45) is 5.95. The molecule has 22 heavy (non-hydrogen) atoms. The largest absolute Gasteiger partial charge is 0.344 e. The van der Waals surface area contributed by atoms with E-state index in [9.17, 15) is 4.39 Å². The Bertz CT molecular complexity index is 817. The number of hydrogen-bond acceptors (Lipinski definition) is 1. The molecule has 0 radical (unpaired) electrons. The molecule has 3 heterocycles. The molecule has 110 valence electrons. The predicted octanol–water partition coefficient (Wildman–Crippen LogP) is 4.61. The van der Waals surface area contributed by atoms with Gasteiger partial charge in [-0.1, -0.05) is 0 Å². The quantitative estimate of drug-likeness (QED) is 0.674. The zero-order chi connectivity index (χ0) is 15.1. The van der Waals surface area contributed by atoms with Gasteiger partial charge in [-0.25, -0.2) is 4.39 Å². The second-order valence-electron chi connectivity index (χ2n) is 5.79. The number of rotatable bonds is 2. The number of fused-ring (bicyclic) bond motifs is 1. The molecule has 1 aliphatic heterocycles. The van der Waals surface area contributed by atoms with Crippen LogP contribution in [0.5, 0.6) is 0 Å². The molecule has 4 rings (SSSR count). The first kappa shape index (κ1) is 13.3. The van der Waals surface area contributed by atoms with Gasteiger partial charge in [-0.2, -0.15) is 0 Å². The molecule has 0 amide bonds. The molecule has 3 heteroatoms. The van der Waals surface area contributed by atoms with Crippen LogP contribution in [0, 0.1) is 12.7 Å². The SMILES string of the molecule is Cc1c(-c2ccncc2)c(-c2ccc(F)cc2)n2c1CCC2. The fraction of sp³-hybridized carbons (Fsp3) is 0.211. The van der Waals surface area contributed by atoms with Crippen LogP contribution < -0.4 is 0 Å². The lowest BCUT2D eigenvalue weighted by Crippen LogP contribution is -1.96. The molecular formula is C19H17FN2. The van der Waals surface area contributed by atoms with Crippen LogP contribution in [0.1, 0.15) is 17.7 Å². The van der Waals surface area contributed by atoms with E-state index in [4.69, 9.17) is 0 Å². The molecule has 0 unspecified atom stereocenters. The lowest BCUT2D eigenvalue weighted by molar-refractivity contribution is 0.628. The number of pyridine rings is 1. The minimum absolute atomic E-state index is 0.195. The summed E-state index contributed by atoms with van der Waals surface area (Å²) in [5, 5.41) is 0.